The van der Waals surface area contributed by atoms with Gasteiger partial charge in [0.05, 0.1) is 18.7 Å². The van der Waals surface area contributed by atoms with Crippen LogP contribution in [-0.2, 0) is 28.8 Å². The van der Waals surface area contributed by atoms with Crippen LogP contribution in [0, 0.1) is 0 Å². The minimum atomic E-state index is -1.26. The summed E-state index contributed by atoms with van der Waals surface area (Å²) in [6, 6.07) is -6.19. The van der Waals surface area contributed by atoms with Crippen LogP contribution in [0.3, 0.4) is 0 Å². The Hall–Kier alpha value is -3.30. The fourth-order valence-corrected chi connectivity index (χ4v) is 2.83. The molecule has 6 atom stereocenters. The standard InChI is InChI=1S/C21H38N6O9/c1-10(22)17(30)26-13(9-28)7-8-16(29)27-15(6-4-5-14(23)21(35)36)19(32)24-11(2)18(31)25-12(3)20(33)34/h10-15,28H,4-9,22-23H2,1-3H3,(H,24,32)(H,25,31)(H,26,30)(H,27,29)(H,33,34)(H,35,36)/t10-,11+,12+,13+,14+,15-/m0/s1. The second-order valence-electron chi connectivity index (χ2n) is 8.51. The normalized spacial score (nSPS) is 15.8. The van der Waals surface area contributed by atoms with E-state index in [9.17, 15) is 33.9 Å². The van der Waals surface area contributed by atoms with Crippen LogP contribution in [0.4, 0.5) is 0 Å². The van der Waals surface area contributed by atoms with E-state index in [4.69, 9.17) is 21.7 Å². The lowest BCUT2D eigenvalue weighted by Gasteiger charge is -2.23. The highest BCUT2D eigenvalue weighted by atomic mass is 16.4. The Morgan fingerprint density at radius 3 is 1.81 bits per heavy atom. The molecule has 0 rings (SSSR count). The van der Waals surface area contributed by atoms with E-state index in [1.54, 1.807) is 0 Å². The summed E-state index contributed by atoms with van der Waals surface area (Å²) in [4.78, 5) is 70.9. The van der Waals surface area contributed by atoms with Crippen LogP contribution in [0.25, 0.3) is 0 Å². The van der Waals surface area contributed by atoms with E-state index in [1.807, 2.05) is 0 Å². The van der Waals surface area contributed by atoms with Gasteiger partial charge in [-0.1, -0.05) is 0 Å². The molecule has 206 valence electrons. The SMILES string of the molecule is C[C@H](N)C(=O)N[C@@H](CO)CCC(=O)N[C@@H](CCC[C@@H](N)C(=O)O)C(=O)N[C@H](C)C(=O)N[C@H](C)C(=O)O. The molecule has 0 fully saturated rings. The van der Waals surface area contributed by atoms with Crippen LogP contribution in [0.5, 0.6) is 0 Å². The maximum absolute atomic E-state index is 12.8. The van der Waals surface area contributed by atoms with Gasteiger partial charge in [-0.2, -0.15) is 0 Å². The number of nitrogens with one attached hydrogen (secondary N) is 4. The van der Waals surface area contributed by atoms with Crippen molar-refractivity contribution in [2.24, 2.45) is 11.5 Å². The van der Waals surface area contributed by atoms with Crippen molar-refractivity contribution in [2.75, 3.05) is 6.61 Å². The second-order valence-corrected chi connectivity index (χ2v) is 8.51. The van der Waals surface area contributed by atoms with Gasteiger partial charge in [0.1, 0.15) is 24.2 Å². The Kier molecular flexibility index (Phi) is 14.9. The van der Waals surface area contributed by atoms with Gasteiger partial charge in [-0.25, -0.2) is 0 Å². The average molecular weight is 519 g/mol. The number of amides is 4. The van der Waals surface area contributed by atoms with Gasteiger partial charge >= 0.3 is 11.9 Å². The third-order valence-electron chi connectivity index (χ3n) is 5.16. The lowest BCUT2D eigenvalue weighted by molar-refractivity contribution is -0.141. The maximum Gasteiger partial charge on any atom is 0.325 e. The van der Waals surface area contributed by atoms with Crippen LogP contribution in [-0.4, -0.2) is 93.7 Å². The molecule has 0 aliphatic heterocycles. The van der Waals surface area contributed by atoms with Crippen molar-refractivity contribution in [3.8, 4) is 0 Å². The van der Waals surface area contributed by atoms with Crippen molar-refractivity contribution in [2.45, 2.75) is 89.1 Å². The molecule has 0 aromatic carbocycles. The lowest BCUT2D eigenvalue weighted by atomic mass is 10.0. The zero-order valence-corrected chi connectivity index (χ0v) is 20.7. The van der Waals surface area contributed by atoms with Crippen molar-refractivity contribution in [3.63, 3.8) is 0 Å². The van der Waals surface area contributed by atoms with Gasteiger partial charge in [-0.05, 0) is 46.5 Å². The number of carboxylic acid groups (broad SMARTS) is 2. The number of carbonyl (C=O) groups excluding carboxylic acids is 4. The highest BCUT2D eigenvalue weighted by Gasteiger charge is 2.26. The summed E-state index contributed by atoms with van der Waals surface area (Å²) in [5.74, 6) is -5.09. The monoisotopic (exact) mass is 518 g/mol. The summed E-state index contributed by atoms with van der Waals surface area (Å²) in [6.45, 7) is 3.59. The molecule has 0 aliphatic carbocycles. The van der Waals surface area contributed by atoms with E-state index < -0.39 is 78.4 Å². The third-order valence-corrected chi connectivity index (χ3v) is 5.16. The molecule has 4 amide bonds. The fourth-order valence-electron chi connectivity index (χ4n) is 2.83. The van der Waals surface area contributed by atoms with Crippen molar-refractivity contribution >= 4 is 35.6 Å². The summed E-state index contributed by atoms with van der Waals surface area (Å²) in [5, 5.41) is 36.8. The van der Waals surface area contributed by atoms with E-state index in [0.29, 0.717) is 0 Å². The van der Waals surface area contributed by atoms with Crippen LogP contribution >= 0.6 is 0 Å². The van der Waals surface area contributed by atoms with E-state index in [1.165, 1.54) is 20.8 Å². The van der Waals surface area contributed by atoms with Gasteiger partial charge in [0.15, 0.2) is 0 Å². The molecule has 15 heteroatoms. The molecule has 0 saturated carbocycles. The predicted octanol–water partition coefficient (Wildman–Crippen LogP) is -3.25. The number of aliphatic hydroxyl groups is 1. The summed E-state index contributed by atoms with van der Waals surface area (Å²) in [6.07, 6.45) is 0.0619. The molecular formula is C21H38N6O9. The summed E-state index contributed by atoms with van der Waals surface area (Å²) < 4.78 is 0. The minimum Gasteiger partial charge on any atom is -0.480 e. The van der Waals surface area contributed by atoms with E-state index in [-0.39, 0.29) is 32.1 Å². The van der Waals surface area contributed by atoms with Gasteiger partial charge in [0.25, 0.3) is 0 Å². The molecule has 0 bridgehead atoms. The van der Waals surface area contributed by atoms with Gasteiger partial charge < -0.3 is 48.1 Å². The molecule has 0 unspecified atom stereocenters. The molecule has 0 aromatic heterocycles. The maximum atomic E-state index is 12.8. The average Bonchev–Trinajstić information content (AvgIpc) is 2.79. The highest BCUT2D eigenvalue weighted by molar-refractivity contribution is 5.93. The Morgan fingerprint density at radius 2 is 1.31 bits per heavy atom. The van der Waals surface area contributed by atoms with Gasteiger partial charge in [0.2, 0.25) is 23.6 Å². The quantitative estimate of drug-likeness (QED) is 0.0922. The van der Waals surface area contributed by atoms with E-state index >= 15 is 0 Å². The summed E-state index contributed by atoms with van der Waals surface area (Å²) >= 11 is 0. The molecule has 0 heterocycles. The number of aliphatic carboxylic acids is 2. The fraction of sp³-hybridized carbons (Fsp3) is 0.714. The number of hydrogen-bond acceptors (Lipinski definition) is 9. The van der Waals surface area contributed by atoms with E-state index in [0.717, 1.165) is 0 Å². The van der Waals surface area contributed by atoms with Crippen LogP contribution < -0.4 is 32.7 Å². The van der Waals surface area contributed by atoms with Crippen LogP contribution in [0.15, 0.2) is 0 Å². The molecular weight excluding hydrogens is 480 g/mol. The van der Waals surface area contributed by atoms with Gasteiger partial charge in [-0.3, -0.25) is 28.8 Å². The first kappa shape index (κ1) is 32.7. The van der Waals surface area contributed by atoms with Gasteiger partial charge in [0, 0.05) is 6.42 Å². The molecule has 0 aliphatic rings. The van der Waals surface area contributed by atoms with Gasteiger partial charge in [-0.15, -0.1) is 0 Å². The molecule has 0 aromatic rings. The number of rotatable bonds is 17. The number of aliphatic hydroxyl groups excluding tert-OH is 1. The second kappa shape index (κ2) is 16.4. The minimum absolute atomic E-state index is 0.00325. The number of hydrogen-bond donors (Lipinski definition) is 9. The van der Waals surface area contributed by atoms with E-state index in [2.05, 4.69) is 21.3 Å². The Balaban J connectivity index is 5.16. The zero-order chi connectivity index (χ0) is 28.0. The van der Waals surface area contributed by atoms with Crippen molar-refractivity contribution in [1.82, 2.24) is 21.3 Å². The lowest BCUT2D eigenvalue weighted by Crippen LogP contribution is -2.54. The van der Waals surface area contributed by atoms with Crippen LogP contribution in [0.2, 0.25) is 0 Å². The first-order valence-corrected chi connectivity index (χ1v) is 11.5. The predicted molar refractivity (Wildman–Crippen MR) is 126 cm³/mol. The van der Waals surface area contributed by atoms with Crippen molar-refractivity contribution < 1.29 is 44.1 Å². The highest BCUT2D eigenvalue weighted by Crippen LogP contribution is 2.07. The Morgan fingerprint density at radius 1 is 0.722 bits per heavy atom. The Bertz CT molecular complexity index is 792. The first-order chi connectivity index (χ1) is 16.7. The third kappa shape index (κ3) is 13.0. The molecule has 15 nitrogen and oxygen atoms in total. The molecule has 11 N–H and O–H groups in total. The van der Waals surface area contributed by atoms with Crippen molar-refractivity contribution in [3.05, 3.63) is 0 Å². The first-order valence-electron chi connectivity index (χ1n) is 11.5. The molecule has 0 spiro atoms. The number of carboxylic acids is 2. The summed E-state index contributed by atoms with van der Waals surface area (Å²) in [5.41, 5.74) is 10.9. The topological polar surface area (TPSA) is 263 Å². The molecule has 0 radical (unpaired) electrons. The number of carbonyl (C=O) groups is 6. The summed E-state index contributed by atoms with van der Waals surface area (Å²) in [7, 11) is 0. The Labute approximate surface area is 208 Å². The number of nitrogens with two attached hydrogens (primary N) is 2. The van der Waals surface area contributed by atoms with Crippen molar-refractivity contribution in [1.29, 1.82) is 0 Å². The molecule has 36 heavy (non-hydrogen) atoms. The van der Waals surface area contributed by atoms with Crippen LogP contribution in [0.1, 0.15) is 52.9 Å². The smallest absolute Gasteiger partial charge is 0.325 e. The molecule has 0 saturated heterocycles. The zero-order valence-electron chi connectivity index (χ0n) is 20.7. The largest absolute Gasteiger partial charge is 0.480 e.